The average Bonchev–Trinajstić information content (AvgIpc) is 2.95. The molecule has 0 spiro atoms. The predicted octanol–water partition coefficient (Wildman–Crippen LogP) is 4.00. The van der Waals surface area contributed by atoms with Gasteiger partial charge in [-0.2, -0.15) is 16.9 Å². The van der Waals surface area contributed by atoms with Crippen molar-refractivity contribution in [3.63, 3.8) is 0 Å². The Hall–Kier alpha value is -1.94. The molecule has 3 aromatic rings. The van der Waals surface area contributed by atoms with Gasteiger partial charge in [-0.3, -0.25) is 5.10 Å². The smallest absolute Gasteiger partial charge is 0.118 e. The van der Waals surface area contributed by atoms with Crippen LogP contribution >= 0.6 is 11.8 Å². The van der Waals surface area contributed by atoms with Crippen LogP contribution in [0.25, 0.3) is 10.9 Å². The molecular weight excluding hydrogens is 268 g/mol. The van der Waals surface area contributed by atoms with E-state index in [0.29, 0.717) is 0 Å². The number of benzene rings is 2. The fourth-order valence-electron chi connectivity index (χ4n) is 2.08. The first-order valence-electron chi connectivity index (χ1n) is 6.48. The van der Waals surface area contributed by atoms with Gasteiger partial charge in [0.25, 0.3) is 0 Å². The molecule has 0 saturated carbocycles. The minimum Gasteiger partial charge on any atom is -0.497 e. The van der Waals surface area contributed by atoms with E-state index in [9.17, 15) is 0 Å². The number of methoxy groups -OCH3 is 1. The SMILES string of the molecule is COc1ccc(CSCc2ccc3cn[nH]c3c2)cc1. The molecule has 3 rings (SSSR count). The van der Waals surface area contributed by atoms with Crippen molar-refractivity contribution in [1.82, 2.24) is 10.2 Å². The van der Waals surface area contributed by atoms with E-state index in [2.05, 4.69) is 40.5 Å². The minimum absolute atomic E-state index is 0.906. The number of aromatic amines is 1. The normalized spacial score (nSPS) is 10.8. The van der Waals surface area contributed by atoms with Crippen LogP contribution in [0.2, 0.25) is 0 Å². The number of aromatic nitrogens is 2. The standard InChI is InChI=1S/C16H16N2OS/c1-19-15-6-3-12(4-7-15)10-20-11-13-2-5-14-9-17-18-16(14)8-13/h2-9H,10-11H2,1H3,(H,17,18). The van der Waals surface area contributed by atoms with E-state index in [1.165, 1.54) is 11.1 Å². The molecule has 0 aliphatic heterocycles. The second-order valence-corrected chi connectivity index (χ2v) is 5.62. The number of thioether (sulfide) groups is 1. The second kappa shape index (κ2) is 6.01. The summed E-state index contributed by atoms with van der Waals surface area (Å²) in [6.07, 6.45) is 1.85. The summed E-state index contributed by atoms with van der Waals surface area (Å²) in [5.41, 5.74) is 3.74. The third-order valence-corrected chi connectivity index (χ3v) is 4.28. The van der Waals surface area contributed by atoms with Crippen molar-refractivity contribution >= 4 is 22.7 Å². The van der Waals surface area contributed by atoms with Gasteiger partial charge in [-0.25, -0.2) is 0 Å². The Balaban J connectivity index is 1.58. The van der Waals surface area contributed by atoms with Crippen molar-refractivity contribution in [3.8, 4) is 5.75 Å². The lowest BCUT2D eigenvalue weighted by molar-refractivity contribution is 0.414. The lowest BCUT2D eigenvalue weighted by Gasteiger charge is -2.04. The van der Waals surface area contributed by atoms with Crippen molar-refractivity contribution in [3.05, 3.63) is 59.8 Å². The molecule has 102 valence electrons. The van der Waals surface area contributed by atoms with Crippen LogP contribution in [0.5, 0.6) is 5.75 Å². The number of fused-ring (bicyclic) bond motifs is 1. The van der Waals surface area contributed by atoms with Gasteiger partial charge >= 0.3 is 0 Å². The summed E-state index contributed by atoms with van der Waals surface area (Å²) in [6.45, 7) is 0. The van der Waals surface area contributed by atoms with Crippen LogP contribution in [-0.2, 0) is 11.5 Å². The lowest BCUT2D eigenvalue weighted by atomic mass is 10.2. The van der Waals surface area contributed by atoms with Crippen molar-refractivity contribution in [2.75, 3.05) is 7.11 Å². The molecule has 0 aliphatic rings. The maximum absolute atomic E-state index is 5.16. The van der Waals surface area contributed by atoms with E-state index >= 15 is 0 Å². The predicted molar refractivity (Wildman–Crippen MR) is 84.1 cm³/mol. The van der Waals surface area contributed by atoms with Crippen LogP contribution in [0.3, 0.4) is 0 Å². The highest BCUT2D eigenvalue weighted by Gasteiger charge is 2.00. The minimum atomic E-state index is 0.906. The van der Waals surface area contributed by atoms with Crippen LogP contribution in [0.4, 0.5) is 0 Å². The molecule has 2 aromatic carbocycles. The van der Waals surface area contributed by atoms with Gasteiger partial charge in [0.15, 0.2) is 0 Å². The van der Waals surface area contributed by atoms with E-state index < -0.39 is 0 Å². The Kier molecular flexibility index (Phi) is 3.92. The van der Waals surface area contributed by atoms with Crippen molar-refractivity contribution in [2.45, 2.75) is 11.5 Å². The zero-order valence-corrected chi connectivity index (χ0v) is 12.1. The highest BCUT2D eigenvalue weighted by atomic mass is 32.2. The van der Waals surface area contributed by atoms with E-state index in [-0.39, 0.29) is 0 Å². The summed E-state index contributed by atoms with van der Waals surface area (Å²) in [4.78, 5) is 0. The number of H-pyrrole nitrogens is 1. The van der Waals surface area contributed by atoms with Crippen LogP contribution in [0.15, 0.2) is 48.7 Å². The number of nitrogens with zero attached hydrogens (tertiary/aromatic N) is 1. The zero-order valence-electron chi connectivity index (χ0n) is 11.3. The number of hydrogen-bond donors (Lipinski definition) is 1. The molecule has 1 aromatic heterocycles. The lowest BCUT2D eigenvalue weighted by Crippen LogP contribution is -1.86. The number of rotatable bonds is 5. The Morgan fingerprint density at radius 3 is 2.60 bits per heavy atom. The Labute approximate surface area is 122 Å². The quantitative estimate of drug-likeness (QED) is 0.769. The fourth-order valence-corrected chi connectivity index (χ4v) is 3.03. The molecule has 0 amide bonds. The molecule has 0 radical (unpaired) electrons. The van der Waals surface area contributed by atoms with E-state index in [4.69, 9.17) is 4.74 Å². The van der Waals surface area contributed by atoms with Crippen LogP contribution in [-0.4, -0.2) is 17.3 Å². The number of ether oxygens (including phenoxy) is 1. The van der Waals surface area contributed by atoms with Gasteiger partial charge in [-0.1, -0.05) is 24.3 Å². The summed E-state index contributed by atoms with van der Waals surface area (Å²) in [5, 5.41) is 8.21. The highest BCUT2D eigenvalue weighted by molar-refractivity contribution is 7.97. The second-order valence-electron chi connectivity index (χ2n) is 4.63. The summed E-state index contributed by atoms with van der Waals surface area (Å²) in [5.74, 6) is 2.91. The number of hydrogen-bond acceptors (Lipinski definition) is 3. The Morgan fingerprint density at radius 2 is 1.80 bits per heavy atom. The first-order chi connectivity index (χ1) is 9.85. The first kappa shape index (κ1) is 13.1. The molecule has 1 N–H and O–H groups in total. The van der Waals surface area contributed by atoms with Gasteiger partial charge in [-0.05, 0) is 29.3 Å². The molecule has 0 saturated heterocycles. The monoisotopic (exact) mass is 284 g/mol. The van der Waals surface area contributed by atoms with Crippen molar-refractivity contribution < 1.29 is 4.74 Å². The zero-order chi connectivity index (χ0) is 13.8. The molecule has 1 heterocycles. The number of nitrogens with one attached hydrogen (secondary N) is 1. The van der Waals surface area contributed by atoms with Crippen LogP contribution < -0.4 is 4.74 Å². The highest BCUT2D eigenvalue weighted by Crippen LogP contribution is 2.21. The van der Waals surface area contributed by atoms with Crippen molar-refractivity contribution in [2.24, 2.45) is 0 Å². The maximum Gasteiger partial charge on any atom is 0.118 e. The van der Waals surface area contributed by atoms with Gasteiger partial charge in [0.1, 0.15) is 5.75 Å². The topological polar surface area (TPSA) is 37.9 Å². The summed E-state index contributed by atoms with van der Waals surface area (Å²) >= 11 is 1.91. The summed E-state index contributed by atoms with van der Waals surface area (Å²) < 4.78 is 5.16. The largest absolute Gasteiger partial charge is 0.497 e. The Morgan fingerprint density at radius 1 is 1.05 bits per heavy atom. The molecule has 4 heteroatoms. The third-order valence-electron chi connectivity index (χ3n) is 3.20. The first-order valence-corrected chi connectivity index (χ1v) is 7.63. The molecule has 0 unspecified atom stereocenters. The van der Waals surface area contributed by atoms with Gasteiger partial charge in [0.05, 0.1) is 18.8 Å². The van der Waals surface area contributed by atoms with Crippen LogP contribution in [0.1, 0.15) is 11.1 Å². The molecule has 0 atom stereocenters. The Bertz CT molecular complexity index is 691. The van der Waals surface area contributed by atoms with Gasteiger partial charge in [0, 0.05) is 16.9 Å². The molecule has 0 fully saturated rings. The molecule has 20 heavy (non-hydrogen) atoms. The molecule has 3 nitrogen and oxygen atoms in total. The summed E-state index contributed by atoms with van der Waals surface area (Å²) in [6, 6.07) is 14.7. The third kappa shape index (κ3) is 2.96. The molecular formula is C16H16N2OS. The van der Waals surface area contributed by atoms with E-state index in [1.807, 2.05) is 30.1 Å². The van der Waals surface area contributed by atoms with Gasteiger partial charge in [0.2, 0.25) is 0 Å². The fraction of sp³-hybridized carbons (Fsp3) is 0.188. The van der Waals surface area contributed by atoms with E-state index in [0.717, 1.165) is 28.2 Å². The summed E-state index contributed by atoms with van der Waals surface area (Å²) in [7, 11) is 1.69. The van der Waals surface area contributed by atoms with Gasteiger partial charge in [-0.15, -0.1) is 0 Å². The van der Waals surface area contributed by atoms with Gasteiger partial charge < -0.3 is 4.74 Å². The van der Waals surface area contributed by atoms with Crippen LogP contribution in [0, 0.1) is 0 Å². The van der Waals surface area contributed by atoms with Crippen molar-refractivity contribution in [1.29, 1.82) is 0 Å². The average molecular weight is 284 g/mol. The maximum atomic E-state index is 5.16. The molecule has 0 aliphatic carbocycles. The van der Waals surface area contributed by atoms with E-state index in [1.54, 1.807) is 7.11 Å². The molecule has 0 bridgehead atoms.